The topological polar surface area (TPSA) is 29.3 Å². The van der Waals surface area contributed by atoms with Crippen LogP contribution in [0.5, 0.6) is 0 Å². The first-order chi connectivity index (χ1) is 9.52. The summed E-state index contributed by atoms with van der Waals surface area (Å²) in [6.07, 6.45) is 3.36. The van der Waals surface area contributed by atoms with Crippen LogP contribution in [-0.2, 0) is 6.42 Å². The van der Waals surface area contributed by atoms with Crippen molar-refractivity contribution in [3.05, 3.63) is 29.8 Å². The summed E-state index contributed by atoms with van der Waals surface area (Å²) in [5.74, 6) is 1.53. The minimum atomic E-state index is 0.270. The Morgan fingerprint density at radius 2 is 1.95 bits per heavy atom. The lowest BCUT2D eigenvalue weighted by molar-refractivity contribution is 0.296. The summed E-state index contributed by atoms with van der Waals surface area (Å²) in [7, 11) is 0. The maximum atomic E-state index is 6.17. The van der Waals surface area contributed by atoms with Crippen molar-refractivity contribution in [1.29, 1.82) is 0 Å². The van der Waals surface area contributed by atoms with E-state index in [9.17, 15) is 0 Å². The van der Waals surface area contributed by atoms with Gasteiger partial charge in [0.25, 0.3) is 0 Å². The molecule has 4 unspecified atom stereocenters. The van der Waals surface area contributed by atoms with Crippen molar-refractivity contribution >= 4 is 5.69 Å². The molecule has 1 aromatic carbocycles. The monoisotopic (exact) mass is 274 g/mol. The highest BCUT2D eigenvalue weighted by molar-refractivity contribution is 5.55. The van der Waals surface area contributed by atoms with E-state index in [-0.39, 0.29) is 6.04 Å². The van der Waals surface area contributed by atoms with Gasteiger partial charge in [0, 0.05) is 24.3 Å². The Morgan fingerprint density at radius 3 is 2.65 bits per heavy atom. The largest absolute Gasteiger partial charge is 0.368 e. The molecule has 1 aliphatic heterocycles. The second-order valence-electron chi connectivity index (χ2n) is 6.71. The third kappa shape index (κ3) is 3.35. The second kappa shape index (κ2) is 6.62. The molecular formula is C18H30N2. The van der Waals surface area contributed by atoms with Crippen molar-refractivity contribution in [3.63, 3.8) is 0 Å². The van der Waals surface area contributed by atoms with E-state index in [1.165, 1.54) is 24.2 Å². The molecule has 0 saturated carbocycles. The first-order valence-electron chi connectivity index (χ1n) is 8.13. The highest BCUT2D eigenvalue weighted by Gasteiger charge is 2.29. The molecule has 1 saturated heterocycles. The third-order valence-electron chi connectivity index (χ3n) is 4.91. The van der Waals surface area contributed by atoms with Crippen LogP contribution < -0.4 is 10.6 Å². The fraction of sp³-hybridized carbons (Fsp3) is 0.667. The normalized spacial score (nSPS) is 28.4. The van der Waals surface area contributed by atoms with E-state index in [0.29, 0.717) is 6.04 Å². The van der Waals surface area contributed by atoms with Gasteiger partial charge in [-0.2, -0.15) is 0 Å². The number of anilines is 1. The van der Waals surface area contributed by atoms with E-state index in [1.807, 2.05) is 0 Å². The van der Waals surface area contributed by atoms with Crippen molar-refractivity contribution in [2.45, 2.75) is 59.0 Å². The fourth-order valence-corrected chi connectivity index (χ4v) is 3.42. The molecule has 1 aromatic rings. The van der Waals surface area contributed by atoms with Gasteiger partial charge < -0.3 is 10.6 Å². The van der Waals surface area contributed by atoms with Gasteiger partial charge in [0.15, 0.2) is 0 Å². The van der Waals surface area contributed by atoms with E-state index in [2.05, 4.69) is 56.9 Å². The standard InChI is InChI=1S/C18H30N2/c1-5-17(19)11-16-8-6-7-9-18(16)20-12-13(2)10-14(3)15(20)4/h6-9,13-15,17H,5,10-12,19H2,1-4H3. The van der Waals surface area contributed by atoms with Crippen LogP contribution in [0, 0.1) is 11.8 Å². The van der Waals surface area contributed by atoms with Crippen molar-refractivity contribution in [2.24, 2.45) is 17.6 Å². The Labute approximate surface area is 124 Å². The molecule has 0 radical (unpaired) electrons. The van der Waals surface area contributed by atoms with E-state index in [1.54, 1.807) is 0 Å². The highest BCUT2D eigenvalue weighted by Crippen LogP contribution is 2.33. The predicted molar refractivity (Wildman–Crippen MR) is 88.2 cm³/mol. The molecule has 0 bridgehead atoms. The zero-order valence-electron chi connectivity index (χ0n) is 13.5. The lowest BCUT2D eigenvalue weighted by Gasteiger charge is -2.43. The molecule has 0 amide bonds. The van der Waals surface area contributed by atoms with Crippen LogP contribution in [0.25, 0.3) is 0 Å². The van der Waals surface area contributed by atoms with Gasteiger partial charge in [-0.15, -0.1) is 0 Å². The molecule has 0 aromatic heterocycles. The van der Waals surface area contributed by atoms with Crippen LogP contribution in [-0.4, -0.2) is 18.6 Å². The third-order valence-corrected chi connectivity index (χ3v) is 4.91. The van der Waals surface area contributed by atoms with Gasteiger partial charge >= 0.3 is 0 Å². The van der Waals surface area contributed by atoms with Gasteiger partial charge in [-0.05, 0) is 49.7 Å². The summed E-state index contributed by atoms with van der Waals surface area (Å²) in [5, 5.41) is 0. The van der Waals surface area contributed by atoms with E-state index < -0.39 is 0 Å². The average Bonchev–Trinajstić information content (AvgIpc) is 2.43. The Bertz CT molecular complexity index is 429. The Morgan fingerprint density at radius 1 is 1.25 bits per heavy atom. The molecule has 1 fully saturated rings. The number of nitrogens with two attached hydrogens (primary N) is 1. The minimum Gasteiger partial charge on any atom is -0.368 e. The molecule has 1 aliphatic rings. The lowest BCUT2D eigenvalue weighted by atomic mass is 9.85. The molecule has 0 spiro atoms. The first kappa shape index (κ1) is 15.4. The average molecular weight is 274 g/mol. The van der Waals surface area contributed by atoms with Crippen LogP contribution >= 0.6 is 0 Å². The van der Waals surface area contributed by atoms with Crippen LogP contribution in [0.15, 0.2) is 24.3 Å². The van der Waals surface area contributed by atoms with E-state index in [0.717, 1.165) is 24.7 Å². The van der Waals surface area contributed by atoms with Crippen LogP contribution in [0.4, 0.5) is 5.69 Å². The molecule has 0 aliphatic carbocycles. The van der Waals surface area contributed by atoms with Crippen LogP contribution in [0.3, 0.4) is 0 Å². The predicted octanol–water partition coefficient (Wildman–Crippen LogP) is 3.84. The summed E-state index contributed by atoms with van der Waals surface area (Å²) >= 11 is 0. The van der Waals surface area contributed by atoms with Gasteiger partial charge in [0.1, 0.15) is 0 Å². The molecule has 2 N–H and O–H groups in total. The quantitative estimate of drug-likeness (QED) is 0.904. The number of hydrogen-bond donors (Lipinski definition) is 1. The number of rotatable bonds is 4. The number of para-hydroxylation sites is 1. The maximum Gasteiger partial charge on any atom is 0.0401 e. The van der Waals surface area contributed by atoms with Gasteiger partial charge in [0.2, 0.25) is 0 Å². The fourth-order valence-electron chi connectivity index (χ4n) is 3.42. The zero-order valence-corrected chi connectivity index (χ0v) is 13.5. The lowest BCUT2D eigenvalue weighted by Crippen LogP contribution is -2.46. The summed E-state index contributed by atoms with van der Waals surface area (Å²) in [6, 6.07) is 9.71. The minimum absolute atomic E-state index is 0.270. The van der Waals surface area contributed by atoms with Crippen molar-refractivity contribution < 1.29 is 0 Å². The van der Waals surface area contributed by atoms with Gasteiger partial charge in [0.05, 0.1) is 0 Å². The Balaban J connectivity index is 2.26. The molecular weight excluding hydrogens is 244 g/mol. The van der Waals surface area contributed by atoms with Crippen LogP contribution in [0.2, 0.25) is 0 Å². The molecule has 2 nitrogen and oxygen atoms in total. The Kier molecular flexibility index (Phi) is 5.09. The zero-order chi connectivity index (χ0) is 14.7. The number of nitrogens with zero attached hydrogens (tertiary/aromatic N) is 1. The molecule has 20 heavy (non-hydrogen) atoms. The number of piperidine rings is 1. The molecule has 112 valence electrons. The summed E-state index contributed by atoms with van der Waals surface area (Å²) < 4.78 is 0. The van der Waals surface area contributed by atoms with Crippen LogP contribution in [0.1, 0.15) is 46.1 Å². The smallest absolute Gasteiger partial charge is 0.0401 e. The molecule has 2 rings (SSSR count). The van der Waals surface area contributed by atoms with E-state index in [4.69, 9.17) is 5.73 Å². The van der Waals surface area contributed by atoms with Crippen molar-refractivity contribution in [3.8, 4) is 0 Å². The number of hydrogen-bond acceptors (Lipinski definition) is 2. The summed E-state index contributed by atoms with van der Waals surface area (Å²) in [5.41, 5.74) is 8.99. The van der Waals surface area contributed by atoms with Gasteiger partial charge in [-0.1, -0.05) is 39.0 Å². The molecule has 2 heteroatoms. The SMILES string of the molecule is CCC(N)Cc1ccccc1N1CC(C)CC(C)C1C. The van der Waals surface area contributed by atoms with Crippen molar-refractivity contribution in [2.75, 3.05) is 11.4 Å². The maximum absolute atomic E-state index is 6.17. The first-order valence-corrected chi connectivity index (χ1v) is 8.13. The number of benzene rings is 1. The van der Waals surface area contributed by atoms with Gasteiger partial charge in [-0.25, -0.2) is 0 Å². The summed E-state index contributed by atoms with van der Waals surface area (Å²) in [6.45, 7) is 10.5. The van der Waals surface area contributed by atoms with Gasteiger partial charge in [-0.3, -0.25) is 0 Å². The second-order valence-corrected chi connectivity index (χ2v) is 6.71. The molecule has 1 heterocycles. The molecule has 4 atom stereocenters. The highest BCUT2D eigenvalue weighted by atomic mass is 15.2. The Hall–Kier alpha value is -1.02. The van der Waals surface area contributed by atoms with Crippen molar-refractivity contribution in [1.82, 2.24) is 0 Å². The van der Waals surface area contributed by atoms with E-state index >= 15 is 0 Å². The summed E-state index contributed by atoms with van der Waals surface area (Å²) in [4.78, 5) is 2.61.